The zero-order valence-corrected chi connectivity index (χ0v) is 9.57. The molecule has 0 atom stereocenters. The van der Waals surface area contributed by atoms with Gasteiger partial charge in [-0.2, -0.15) is 0 Å². The second-order valence-electron chi connectivity index (χ2n) is 3.62. The van der Waals surface area contributed by atoms with Crippen LogP contribution in [0.5, 0.6) is 0 Å². The van der Waals surface area contributed by atoms with Crippen molar-refractivity contribution in [2.75, 3.05) is 19.6 Å². The highest BCUT2D eigenvalue weighted by molar-refractivity contribution is 5.93. The van der Waals surface area contributed by atoms with Gasteiger partial charge in [0.1, 0.15) is 0 Å². The van der Waals surface area contributed by atoms with E-state index in [1.54, 1.807) is 19.1 Å². The Kier molecular flexibility index (Phi) is 4.96. The summed E-state index contributed by atoms with van der Waals surface area (Å²) in [5.41, 5.74) is 6.35. The van der Waals surface area contributed by atoms with Crippen LogP contribution in [-0.2, 0) is 0 Å². The van der Waals surface area contributed by atoms with Gasteiger partial charge < -0.3 is 10.6 Å². The van der Waals surface area contributed by atoms with Gasteiger partial charge in [-0.05, 0) is 19.1 Å². The maximum Gasteiger partial charge on any atom is 0.255 e. The standard InChI is InChI=1S/C11H15F2N3O/c1-8-2-3-9(6-15-8)11(17)16(5-4-14)7-10(12)13/h2-3,6,10H,4-5,7,14H2,1H3. The largest absolute Gasteiger partial charge is 0.332 e. The number of alkyl halides is 2. The van der Waals surface area contributed by atoms with Crippen LogP contribution in [0.1, 0.15) is 16.1 Å². The third-order valence-electron chi connectivity index (χ3n) is 2.20. The van der Waals surface area contributed by atoms with Crippen molar-refractivity contribution in [3.05, 3.63) is 29.6 Å². The summed E-state index contributed by atoms with van der Waals surface area (Å²) in [4.78, 5) is 16.9. The Morgan fingerprint density at radius 3 is 2.71 bits per heavy atom. The van der Waals surface area contributed by atoms with Gasteiger partial charge in [0.05, 0.1) is 12.1 Å². The number of hydrogen-bond acceptors (Lipinski definition) is 3. The Bertz CT molecular complexity index is 367. The smallest absolute Gasteiger partial charge is 0.255 e. The average molecular weight is 243 g/mol. The summed E-state index contributed by atoms with van der Waals surface area (Å²) in [6, 6.07) is 3.23. The molecule has 0 aliphatic carbocycles. The topological polar surface area (TPSA) is 59.2 Å². The van der Waals surface area contributed by atoms with Gasteiger partial charge in [0.15, 0.2) is 0 Å². The van der Waals surface area contributed by atoms with Crippen molar-refractivity contribution in [3.63, 3.8) is 0 Å². The number of nitrogens with zero attached hydrogens (tertiary/aromatic N) is 2. The molecule has 0 spiro atoms. The van der Waals surface area contributed by atoms with E-state index in [-0.39, 0.29) is 13.1 Å². The zero-order chi connectivity index (χ0) is 12.8. The van der Waals surface area contributed by atoms with Gasteiger partial charge in [-0.25, -0.2) is 8.78 Å². The van der Waals surface area contributed by atoms with E-state index in [0.717, 1.165) is 10.6 Å². The summed E-state index contributed by atoms with van der Waals surface area (Å²) in [6.45, 7) is 1.43. The lowest BCUT2D eigenvalue weighted by atomic mass is 10.2. The van der Waals surface area contributed by atoms with Gasteiger partial charge in [-0.1, -0.05) is 0 Å². The van der Waals surface area contributed by atoms with Crippen molar-refractivity contribution in [1.82, 2.24) is 9.88 Å². The predicted octanol–water partition coefficient (Wildman–Crippen LogP) is 1.06. The first-order valence-electron chi connectivity index (χ1n) is 5.24. The number of amides is 1. The fraction of sp³-hybridized carbons (Fsp3) is 0.455. The maximum absolute atomic E-state index is 12.3. The molecule has 6 heteroatoms. The average Bonchev–Trinajstić information content (AvgIpc) is 2.28. The molecule has 1 rings (SSSR count). The minimum atomic E-state index is -2.57. The molecular weight excluding hydrogens is 228 g/mol. The van der Waals surface area contributed by atoms with E-state index in [1.165, 1.54) is 6.20 Å². The van der Waals surface area contributed by atoms with Gasteiger partial charge in [0.25, 0.3) is 12.3 Å². The quantitative estimate of drug-likeness (QED) is 0.841. The molecule has 0 saturated carbocycles. The van der Waals surface area contributed by atoms with Crippen molar-refractivity contribution < 1.29 is 13.6 Å². The van der Waals surface area contributed by atoms with Crippen LogP contribution in [0.15, 0.2) is 18.3 Å². The summed E-state index contributed by atoms with van der Waals surface area (Å²) in [5, 5.41) is 0. The molecule has 1 amide bonds. The van der Waals surface area contributed by atoms with E-state index in [2.05, 4.69) is 4.98 Å². The lowest BCUT2D eigenvalue weighted by Gasteiger charge is -2.21. The molecular formula is C11H15F2N3O. The van der Waals surface area contributed by atoms with E-state index in [4.69, 9.17) is 5.73 Å². The van der Waals surface area contributed by atoms with Crippen molar-refractivity contribution in [3.8, 4) is 0 Å². The molecule has 17 heavy (non-hydrogen) atoms. The van der Waals surface area contributed by atoms with Gasteiger partial charge in [-0.3, -0.25) is 9.78 Å². The van der Waals surface area contributed by atoms with Gasteiger partial charge >= 0.3 is 0 Å². The van der Waals surface area contributed by atoms with Gasteiger partial charge in [0.2, 0.25) is 0 Å². The number of carbonyl (C=O) groups is 1. The van der Waals surface area contributed by atoms with Crippen molar-refractivity contribution in [1.29, 1.82) is 0 Å². The number of hydrogen-bond donors (Lipinski definition) is 1. The molecule has 0 aliphatic heterocycles. The number of aromatic nitrogens is 1. The fourth-order valence-corrected chi connectivity index (χ4v) is 1.38. The number of aryl methyl sites for hydroxylation is 1. The molecule has 1 aromatic heterocycles. The Morgan fingerprint density at radius 1 is 1.53 bits per heavy atom. The van der Waals surface area contributed by atoms with Gasteiger partial charge in [-0.15, -0.1) is 0 Å². The Morgan fingerprint density at radius 2 is 2.24 bits per heavy atom. The van der Waals surface area contributed by atoms with Crippen molar-refractivity contribution in [2.45, 2.75) is 13.3 Å². The number of pyridine rings is 1. The van der Waals surface area contributed by atoms with Crippen LogP contribution < -0.4 is 5.73 Å². The first-order valence-corrected chi connectivity index (χ1v) is 5.24. The molecule has 0 fully saturated rings. The summed E-state index contributed by atoms with van der Waals surface area (Å²) in [6.07, 6.45) is -1.18. The highest BCUT2D eigenvalue weighted by Gasteiger charge is 2.19. The molecule has 4 nitrogen and oxygen atoms in total. The van der Waals surface area contributed by atoms with Crippen LogP contribution in [0, 0.1) is 6.92 Å². The Labute approximate surface area is 98.4 Å². The lowest BCUT2D eigenvalue weighted by Crippen LogP contribution is -2.38. The Hall–Kier alpha value is -1.56. The second-order valence-corrected chi connectivity index (χ2v) is 3.62. The van der Waals surface area contributed by atoms with Crippen LogP contribution in [0.25, 0.3) is 0 Å². The minimum absolute atomic E-state index is 0.108. The van der Waals surface area contributed by atoms with Crippen LogP contribution in [0.2, 0.25) is 0 Å². The molecule has 0 radical (unpaired) electrons. The van der Waals surface area contributed by atoms with Crippen LogP contribution in [0.4, 0.5) is 8.78 Å². The summed E-state index contributed by atoms with van der Waals surface area (Å²) in [5.74, 6) is -0.469. The van der Waals surface area contributed by atoms with Crippen LogP contribution in [-0.4, -0.2) is 41.9 Å². The van der Waals surface area contributed by atoms with Crippen molar-refractivity contribution in [2.24, 2.45) is 5.73 Å². The third-order valence-corrected chi connectivity index (χ3v) is 2.20. The SMILES string of the molecule is Cc1ccc(C(=O)N(CCN)CC(F)F)cn1. The molecule has 0 unspecified atom stereocenters. The molecule has 0 saturated heterocycles. The minimum Gasteiger partial charge on any atom is -0.332 e. The maximum atomic E-state index is 12.3. The van der Waals surface area contributed by atoms with Crippen LogP contribution >= 0.6 is 0 Å². The molecule has 1 heterocycles. The summed E-state index contributed by atoms with van der Waals surface area (Å²) < 4.78 is 24.6. The fourth-order valence-electron chi connectivity index (χ4n) is 1.38. The molecule has 0 aliphatic rings. The molecule has 2 N–H and O–H groups in total. The molecule has 1 aromatic rings. The van der Waals surface area contributed by atoms with E-state index in [0.29, 0.717) is 5.56 Å². The van der Waals surface area contributed by atoms with E-state index in [1.807, 2.05) is 0 Å². The summed E-state index contributed by atoms with van der Waals surface area (Å²) >= 11 is 0. The monoisotopic (exact) mass is 243 g/mol. The summed E-state index contributed by atoms with van der Waals surface area (Å²) in [7, 11) is 0. The highest BCUT2D eigenvalue weighted by atomic mass is 19.3. The molecule has 0 bridgehead atoms. The van der Waals surface area contributed by atoms with E-state index >= 15 is 0 Å². The first kappa shape index (κ1) is 13.5. The number of halogens is 2. The second kappa shape index (κ2) is 6.24. The highest BCUT2D eigenvalue weighted by Crippen LogP contribution is 2.07. The molecule has 94 valence electrons. The normalized spacial score (nSPS) is 10.6. The first-order chi connectivity index (χ1) is 8.04. The third kappa shape index (κ3) is 4.07. The molecule has 0 aromatic carbocycles. The Balaban J connectivity index is 2.79. The lowest BCUT2D eigenvalue weighted by molar-refractivity contribution is 0.0562. The van der Waals surface area contributed by atoms with Crippen LogP contribution in [0.3, 0.4) is 0 Å². The zero-order valence-electron chi connectivity index (χ0n) is 9.57. The number of carbonyl (C=O) groups excluding carboxylic acids is 1. The van der Waals surface area contributed by atoms with E-state index in [9.17, 15) is 13.6 Å². The predicted molar refractivity (Wildman–Crippen MR) is 59.9 cm³/mol. The van der Waals surface area contributed by atoms with Crippen molar-refractivity contribution >= 4 is 5.91 Å². The number of nitrogens with two attached hydrogens (primary N) is 1. The van der Waals surface area contributed by atoms with Gasteiger partial charge in [0, 0.05) is 25.0 Å². The van der Waals surface area contributed by atoms with E-state index < -0.39 is 18.9 Å². The number of rotatable bonds is 5.